The maximum absolute atomic E-state index is 13.0. The molecule has 0 bridgehead atoms. The summed E-state index contributed by atoms with van der Waals surface area (Å²) >= 11 is 7.69. The molecule has 7 heteroatoms. The molecular weight excluding hydrogens is 384 g/mol. The Hall–Kier alpha value is -2.18. The number of methoxy groups -OCH3 is 1. The van der Waals surface area contributed by atoms with Crippen LogP contribution < -0.4 is 10.1 Å². The van der Waals surface area contributed by atoms with Gasteiger partial charge >= 0.3 is 0 Å². The van der Waals surface area contributed by atoms with E-state index in [4.69, 9.17) is 16.3 Å². The van der Waals surface area contributed by atoms with E-state index < -0.39 is 6.04 Å². The Morgan fingerprint density at radius 2 is 1.96 bits per heavy atom. The third-order valence-electron chi connectivity index (χ3n) is 4.57. The first kappa shape index (κ1) is 19.6. The fourth-order valence-corrected chi connectivity index (χ4v) is 3.76. The second-order valence-corrected chi connectivity index (χ2v) is 7.54. The molecule has 2 amide bonds. The number of benzene rings is 2. The van der Waals surface area contributed by atoms with Gasteiger partial charge in [0, 0.05) is 22.2 Å². The highest BCUT2D eigenvalue weighted by atomic mass is 35.5. The van der Waals surface area contributed by atoms with Gasteiger partial charge in [-0.2, -0.15) is 0 Å². The molecule has 0 aliphatic carbocycles. The number of rotatable bonds is 5. The third kappa shape index (κ3) is 4.39. The van der Waals surface area contributed by atoms with E-state index in [1.165, 1.54) is 7.11 Å². The Kier molecular flexibility index (Phi) is 6.29. The molecule has 1 fully saturated rings. The largest absolute Gasteiger partial charge is 0.496 e. The van der Waals surface area contributed by atoms with Crippen LogP contribution in [0, 0.1) is 0 Å². The number of likely N-dealkylation sites (tertiary alicyclic amines) is 1. The van der Waals surface area contributed by atoms with Crippen LogP contribution in [0.1, 0.15) is 23.2 Å². The number of halogens is 1. The zero-order valence-electron chi connectivity index (χ0n) is 15.2. The van der Waals surface area contributed by atoms with E-state index in [1.54, 1.807) is 34.9 Å². The van der Waals surface area contributed by atoms with E-state index in [1.807, 2.05) is 30.5 Å². The van der Waals surface area contributed by atoms with E-state index >= 15 is 0 Å². The van der Waals surface area contributed by atoms with Crippen LogP contribution in [0.25, 0.3) is 0 Å². The zero-order chi connectivity index (χ0) is 19.4. The molecule has 1 aliphatic heterocycles. The molecule has 2 aromatic rings. The maximum atomic E-state index is 13.0. The van der Waals surface area contributed by atoms with Crippen LogP contribution >= 0.6 is 23.4 Å². The first-order valence-electron chi connectivity index (χ1n) is 8.63. The van der Waals surface area contributed by atoms with Crippen molar-refractivity contribution in [2.24, 2.45) is 0 Å². The van der Waals surface area contributed by atoms with Crippen molar-refractivity contribution in [3.8, 4) is 5.75 Å². The predicted molar refractivity (Wildman–Crippen MR) is 109 cm³/mol. The number of carbonyl (C=O) groups is 2. The van der Waals surface area contributed by atoms with Gasteiger partial charge in [-0.05, 0) is 61.6 Å². The fraction of sp³-hybridized carbons (Fsp3) is 0.300. The monoisotopic (exact) mass is 404 g/mol. The number of nitrogens with zero attached hydrogens (tertiary/aromatic N) is 1. The lowest BCUT2D eigenvalue weighted by atomic mass is 10.1. The van der Waals surface area contributed by atoms with Gasteiger partial charge in [0.15, 0.2) is 0 Å². The molecule has 1 N–H and O–H groups in total. The second-order valence-electron chi connectivity index (χ2n) is 6.22. The molecule has 27 heavy (non-hydrogen) atoms. The average molecular weight is 405 g/mol. The summed E-state index contributed by atoms with van der Waals surface area (Å²) < 4.78 is 5.29. The number of hydrogen-bond donors (Lipinski definition) is 1. The van der Waals surface area contributed by atoms with Crippen molar-refractivity contribution >= 4 is 40.9 Å². The van der Waals surface area contributed by atoms with Gasteiger partial charge in [-0.25, -0.2) is 0 Å². The second kappa shape index (κ2) is 8.67. The predicted octanol–water partition coefficient (Wildman–Crippen LogP) is 4.31. The summed E-state index contributed by atoms with van der Waals surface area (Å²) in [5.74, 6) is 0.0200. The molecule has 142 valence electrons. The topological polar surface area (TPSA) is 58.6 Å². The Balaban J connectivity index is 1.77. The van der Waals surface area contributed by atoms with E-state index in [-0.39, 0.29) is 11.8 Å². The zero-order valence-corrected chi connectivity index (χ0v) is 16.8. The quantitative estimate of drug-likeness (QED) is 0.754. The van der Waals surface area contributed by atoms with Crippen molar-refractivity contribution in [2.45, 2.75) is 23.8 Å². The number of hydrogen-bond acceptors (Lipinski definition) is 4. The lowest BCUT2D eigenvalue weighted by molar-refractivity contribution is -0.119. The highest BCUT2D eigenvalue weighted by molar-refractivity contribution is 7.98. The first-order chi connectivity index (χ1) is 13.0. The number of ether oxygens (including phenoxy) is 1. The molecule has 1 atom stereocenters. The van der Waals surface area contributed by atoms with Gasteiger partial charge in [-0.1, -0.05) is 11.6 Å². The molecule has 0 saturated carbocycles. The first-order valence-corrected chi connectivity index (χ1v) is 10.2. The SMILES string of the molecule is COc1ccc(Cl)cc1C(=O)N1CCCC1C(=O)Nc1ccc(SC)cc1. The summed E-state index contributed by atoms with van der Waals surface area (Å²) in [5.41, 5.74) is 1.09. The van der Waals surface area contributed by atoms with Crippen molar-refractivity contribution < 1.29 is 14.3 Å². The molecule has 0 aromatic heterocycles. The molecule has 1 unspecified atom stereocenters. The van der Waals surface area contributed by atoms with E-state index in [9.17, 15) is 9.59 Å². The van der Waals surface area contributed by atoms with Crippen molar-refractivity contribution in [2.75, 3.05) is 25.2 Å². The van der Waals surface area contributed by atoms with Crippen molar-refractivity contribution in [3.63, 3.8) is 0 Å². The average Bonchev–Trinajstić information content (AvgIpc) is 3.18. The van der Waals surface area contributed by atoms with Crippen LogP contribution in [-0.4, -0.2) is 42.7 Å². The smallest absolute Gasteiger partial charge is 0.258 e. The Morgan fingerprint density at radius 3 is 2.63 bits per heavy atom. The Labute approximate surface area is 168 Å². The van der Waals surface area contributed by atoms with Crippen molar-refractivity contribution in [3.05, 3.63) is 53.1 Å². The Bertz CT molecular complexity index is 842. The molecule has 1 aliphatic rings. The van der Waals surface area contributed by atoms with Crippen LogP contribution in [0.3, 0.4) is 0 Å². The summed E-state index contributed by atoms with van der Waals surface area (Å²) in [6, 6.07) is 12.0. The van der Waals surface area contributed by atoms with E-state index in [0.29, 0.717) is 29.3 Å². The van der Waals surface area contributed by atoms with E-state index in [0.717, 1.165) is 17.0 Å². The molecule has 3 rings (SSSR count). The van der Waals surface area contributed by atoms with Crippen LogP contribution in [0.5, 0.6) is 5.75 Å². The normalized spacial score (nSPS) is 16.3. The van der Waals surface area contributed by atoms with Gasteiger partial charge in [0.25, 0.3) is 5.91 Å². The minimum atomic E-state index is -0.513. The van der Waals surface area contributed by atoms with Gasteiger partial charge in [0.2, 0.25) is 5.91 Å². The van der Waals surface area contributed by atoms with Crippen LogP contribution in [-0.2, 0) is 4.79 Å². The van der Waals surface area contributed by atoms with Crippen LogP contribution in [0.15, 0.2) is 47.4 Å². The fourth-order valence-electron chi connectivity index (χ4n) is 3.18. The third-order valence-corrected chi connectivity index (χ3v) is 5.54. The standard InChI is InChI=1S/C20H21ClN2O3S/c1-26-18-10-5-13(21)12-16(18)20(25)23-11-3-4-17(23)19(24)22-14-6-8-15(27-2)9-7-14/h5-10,12,17H,3-4,11H2,1-2H3,(H,22,24). The van der Waals surface area contributed by atoms with E-state index in [2.05, 4.69) is 5.32 Å². The highest BCUT2D eigenvalue weighted by Gasteiger charge is 2.35. The van der Waals surface area contributed by atoms with Crippen LogP contribution in [0.2, 0.25) is 5.02 Å². The molecule has 1 saturated heterocycles. The molecule has 1 heterocycles. The molecule has 2 aromatic carbocycles. The minimum absolute atomic E-state index is 0.182. The summed E-state index contributed by atoms with van der Waals surface area (Å²) in [6.07, 6.45) is 3.40. The lowest BCUT2D eigenvalue weighted by Crippen LogP contribution is -2.43. The number of thioether (sulfide) groups is 1. The Morgan fingerprint density at radius 1 is 1.22 bits per heavy atom. The lowest BCUT2D eigenvalue weighted by Gasteiger charge is -2.25. The molecule has 0 radical (unpaired) electrons. The summed E-state index contributed by atoms with van der Waals surface area (Å²) in [4.78, 5) is 28.5. The van der Waals surface area contributed by atoms with Gasteiger partial charge in [0.1, 0.15) is 11.8 Å². The number of anilines is 1. The number of amides is 2. The summed E-state index contributed by atoms with van der Waals surface area (Å²) in [6.45, 7) is 0.526. The van der Waals surface area contributed by atoms with Crippen molar-refractivity contribution in [1.82, 2.24) is 4.90 Å². The highest BCUT2D eigenvalue weighted by Crippen LogP contribution is 2.28. The van der Waals surface area contributed by atoms with Crippen LogP contribution in [0.4, 0.5) is 5.69 Å². The van der Waals surface area contributed by atoms with Gasteiger partial charge in [-0.3, -0.25) is 9.59 Å². The van der Waals surface area contributed by atoms with Gasteiger partial charge in [0.05, 0.1) is 12.7 Å². The number of nitrogens with one attached hydrogen (secondary N) is 1. The summed E-state index contributed by atoms with van der Waals surface area (Å²) in [5, 5.41) is 3.36. The molecule has 0 spiro atoms. The van der Waals surface area contributed by atoms with Gasteiger partial charge < -0.3 is 15.0 Å². The minimum Gasteiger partial charge on any atom is -0.496 e. The van der Waals surface area contributed by atoms with Crippen molar-refractivity contribution in [1.29, 1.82) is 0 Å². The maximum Gasteiger partial charge on any atom is 0.258 e. The number of carbonyl (C=O) groups excluding carboxylic acids is 2. The molecule has 5 nitrogen and oxygen atoms in total. The van der Waals surface area contributed by atoms with Gasteiger partial charge in [-0.15, -0.1) is 11.8 Å². The molecular formula is C20H21ClN2O3S. The summed E-state index contributed by atoms with van der Waals surface area (Å²) in [7, 11) is 1.51.